The number of carbonyl (C=O) groups excluding carboxylic acids is 1. The number of nitrogens with zero attached hydrogens (tertiary/aromatic N) is 3. The van der Waals surface area contributed by atoms with E-state index in [9.17, 15) is 4.79 Å². The molecule has 0 radical (unpaired) electrons. The number of amides is 1. The van der Waals surface area contributed by atoms with Gasteiger partial charge < -0.3 is 20.7 Å². The van der Waals surface area contributed by atoms with E-state index in [0.717, 1.165) is 28.5 Å². The molecule has 8 nitrogen and oxygen atoms in total. The first-order chi connectivity index (χ1) is 14.5. The molecule has 31 heavy (non-hydrogen) atoms. The topological polar surface area (TPSA) is 101 Å². The number of anilines is 2. The molecule has 0 aliphatic carbocycles. The number of carbonyl (C=O) groups is 1. The standard InChI is InChI=1S/C22H26N6O2.H2S/c1-14(17-7-5-15(22(29)24-3)9-19(17)30-4)11-25-21-10-18(27-13-28-21)16-6-8-20(23-2)26-12-16;/h5-10,12-14H,11H2,1-4H3,(H,23,26)(H,24,29)(H,25,27,28);1H2/t14-;/m1./s1. The highest BCUT2D eigenvalue weighted by Gasteiger charge is 2.15. The van der Waals surface area contributed by atoms with Crippen LogP contribution in [0.4, 0.5) is 11.6 Å². The summed E-state index contributed by atoms with van der Waals surface area (Å²) < 4.78 is 5.50. The van der Waals surface area contributed by atoms with Crippen molar-refractivity contribution in [3.05, 3.63) is 60.0 Å². The fourth-order valence-corrected chi connectivity index (χ4v) is 3.08. The molecule has 164 valence electrons. The summed E-state index contributed by atoms with van der Waals surface area (Å²) >= 11 is 0. The number of pyridine rings is 1. The maximum absolute atomic E-state index is 11.9. The highest BCUT2D eigenvalue weighted by atomic mass is 32.1. The van der Waals surface area contributed by atoms with Gasteiger partial charge >= 0.3 is 0 Å². The molecule has 2 heterocycles. The van der Waals surface area contributed by atoms with Gasteiger partial charge in [-0.1, -0.05) is 13.0 Å². The molecule has 3 N–H and O–H groups in total. The van der Waals surface area contributed by atoms with Gasteiger partial charge in [0.1, 0.15) is 23.7 Å². The average molecular weight is 441 g/mol. The third-order valence-corrected chi connectivity index (χ3v) is 4.83. The summed E-state index contributed by atoms with van der Waals surface area (Å²) in [5.41, 5.74) is 3.29. The van der Waals surface area contributed by atoms with Gasteiger partial charge in [0.15, 0.2) is 0 Å². The van der Waals surface area contributed by atoms with E-state index >= 15 is 0 Å². The molecule has 0 spiro atoms. The maximum Gasteiger partial charge on any atom is 0.251 e. The maximum atomic E-state index is 11.9. The van der Waals surface area contributed by atoms with Gasteiger partial charge in [-0.25, -0.2) is 15.0 Å². The zero-order chi connectivity index (χ0) is 21.5. The van der Waals surface area contributed by atoms with Crippen LogP contribution in [0.5, 0.6) is 5.75 Å². The van der Waals surface area contributed by atoms with Crippen molar-refractivity contribution in [2.24, 2.45) is 0 Å². The van der Waals surface area contributed by atoms with Crippen molar-refractivity contribution in [3.63, 3.8) is 0 Å². The number of hydrogen-bond donors (Lipinski definition) is 3. The number of rotatable bonds is 8. The Hall–Kier alpha value is -3.33. The first-order valence-electron chi connectivity index (χ1n) is 9.65. The van der Waals surface area contributed by atoms with Crippen molar-refractivity contribution in [2.75, 3.05) is 38.4 Å². The van der Waals surface area contributed by atoms with E-state index in [1.54, 1.807) is 32.5 Å². The minimum absolute atomic E-state index is 0. The number of ether oxygens (including phenoxy) is 1. The number of hydrogen-bond acceptors (Lipinski definition) is 7. The zero-order valence-electron chi connectivity index (χ0n) is 18.1. The van der Waals surface area contributed by atoms with Crippen LogP contribution >= 0.6 is 13.5 Å². The first kappa shape index (κ1) is 23.9. The second-order valence-corrected chi connectivity index (χ2v) is 6.79. The van der Waals surface area contributed by atoms with Gasteiger partial charge in [-0.05, 0) is 29.8 Å². The fraction of sp³-hybridized carbons (Fsp3) is 0.273. The molecule has 3 aromatic rings. The van der Waals surface area contributed by atoms with Gasteiger partial charge in [0.25, 0.3) is 5.91 Å². The van der Waals surface area contributed by atoms with Crippen molar-refractivity contribution >= 4 is 31.0 Å². The monoisotopic (exact) mass is 440 g/mol. The van der Waals surface area contributed by atoms with Crippen LogP contribution in [0.3, 0.4) is 0 Å². The van der Waals surface area contributed by atoms with Gasteiger partial charge in [-0.15, -0.1) is 0 Å². The molecule has 1 atom stereocenters. The molecule has 0 unspecified atom stereocenters. The normalized spacial score (nSPS) is 11.1. The van der Waals surface area contributed by atoms with Gasteiger partial charge in [0.05, 0.1) is 12.8 Å². The van der Waals surface area contributed by atoms with Gasteiger partial charge in [0, 0.05) is 49.9 Å². The molecule has 9 heteroatoms. The predicted molar refractivity (Wildman–Crippen MR) is 128 cm³/mol. The highest BCUT2D eigenvalue weighted by Crippen LogP contribution is 2.28. The van der Waals surface area contributed by atoms with E-state index in [4.69, 9.17) is 4.74 Å². The summed E-state index contributed by atoms with van der Waals surface area (Å²) in [7, 11) is 5.05. The van der Waals surface area contributed by atoms with Crippen LogP contribution in [0.2, 0.25) is 0 Å². The first-order valence-corrected chi connectivity index (χ1v) is 9.65. The number of nitrogens with one attached hydrogen (secondary N) is 3. The molecule has 1 aromatic carbocycles. The lowest BCUT2D eigenvalue weighted by Crippen LogP contribution is -2.18. The molecular formula is C22H28N6O2S. The van der Waals surface area contributed by atoms with Crippen molar-refractivity contribution in [1.29, 1.82) is 0 Å². The van der Waals surface area contributed by atoms with Gasteiger partial charge in [0.2, 0.25) is 0 Å². The molecule has 0 fully saturated rings. The molecule has 0 bridgehead atoms. The summed E-state index contributed by atoms with van der Waals surface area (Å²) in [6.07, 6.45) is 3.31. The lowest BCUT2D eigenvalue weighted by molar-refractivity contribution is 0.0962. The molecular weight excluding hydrogens is 412 g/mol. The Morgan fingerprint density at radius 1 is 1.06 bits per heavy atom. The van der Waals surface area contributed by atoms with Crippen LogP contribution in [0.25, 0.3) is 11.3 Å². The minimum Gasteiger partial charge on any atom is -0.496 e. The van der Waals surface area contributed by atoms with Crippen LogP contribution in [-0.4, -0.2) is 48.6 Å². The summed E-state index contributed by atoms with van der Waals surface area (Å²) in [6, 6.07) is 11.3. The Balaban J connectivity index is 0.00000341. The van der Waals surface area contributed by atoms with Gasteiger partial charge in [-0.2, -0.15) is 13.5 Å². The highest BCUT2D eigenvalue weighted by molar-refractivity contribution is 7.59. The summed E-state index contributed by atoms with van der Waals surface area (Å²) in [4.78, 5) is 24.8. The van der Waals surface area contributed by atoms with Crippen LogP contribution in [0, 0.1) is 0 Å². The lowest BCUT2D eigenvalue weighted by Gasteiger charge is -2.17. The van der Waals surface area contributed by atoms with E-state index in [2.05, 4.69) is 37.8 Å². The lowest BCUT2D eigenvalue weighted by atomic mass is 9.98. The van der Waals surface area contributed by atoms with Crippen LogP contribution in [0.1, 0.15) is 28.8 Å². The molecule has 0 aliphatic heterocycles. The Kier molecular flexibility index (Phi) is 8.63. The van der Waals surface area contributed by atoms with Crippen LogP contribution in [0.15, 0.2) is 48.9 Å². The van der Waals surface area contributed by atoms with Crippen molar-refractivity contribution in [2.45, 2.75) is 12.8 Å². The van der Waals surface area contributed by atoms with Gasteiger partial charge in [-0.3, -0.25) is 4.79 Å². The summed E-state index contributed by atoms with van der Waals surface area (Å²) in [6.45, 7) is 2.73. The molecule has 0 saturated carbocycles. The van der Waals surface area contributed by atoms with E-state index < -0.39 is 0 Å². The largest absolute Gasteiger partial charge is 0.496 e. The van der Waals surface area contributed by atoms with Crippen LogP contribution < -0.4 is 20.7 Å². The quantitative estimate of drug-likeness (QED) is 0.494. The third-order valence-electron chi connectivity index (χ3n) is 4.83. The Morgan fingerprint density at radius 3 is 2.52 bits per heavy atom. The van der Waals surface area contributed by atoms with Crippen molar-refractivity contribution in [1.82, 2.24) is 20.3 Å². The minimum atomic E-state index is -0.142. The smallest absolute Gasteiger partial charge is 0.251 e. The number of benzene rings is 1. The summed E-state index contributed by atoms with van der Waals surface area (Å²) in [5, 5.41) is 8.98. The molecule has 0 saturated heterocycles. The van der Waals surface area contributed by atoms with E-state index in [1.165, 1.54) is 6.33 Å². The van der Waals surface area contributed by atoms with Crippen molar-refractivity contribution < 1.29 is 9.53 Å². The van der Waals surface area contributed by atoms with E-state index in [0.29, 0.717) is 17.9 Å². The Bertz CT molecular complexity index is 1010. The van der Waals surface area contributed by atoms with E-state index in [-0.39, 0.29) is 25.3 Å². The molecule has 2 aromatic heterocycles. The number of aromatic nitrogens is 3. The third kappa shape index (κ3) is 5.85. The predicted octanol–water partition coefficient (Wildman–Crippen LogP) is 3.28. The average Bonchev–Trinajstić information content (AvgIpc) is 2.81. The summed E-state index contributed by atoms with van der Waals surface area (Å²) in [5.74, 6) is 2.20. The fourth-order valence-electron chi connectivity index (χ4n) is 3.08. The van der Waals surface area contributed by atoms with Crippen molar-refractivity contribution in [3.8, 4) is 17.0 Å². The molecule has 1 amide bonds. The number of methoxy groups -OCH3 is 1. The van der Waals surface area contributed by atoms with Crippen LogP contribution in [-0.2, 0) is 0 Å². The molecule has 3 rings (SSSR count). The Morgan fingerprint density at radius 2 is 1.87 bits per heavy atom. The van der Waals surface area contributed by atoms with E-state index in [1.807, 2.05) is 31.3 Å². The Labute approximate surface area is 189 Å². The molecule has 0 aliphatic rings. The zero-order valence-corrected chi connectivity index (χ0v) is 19.1. The SMILES string of the molecule is CNC(=O)c1ccc([C@H](C)CNc2cc(-c3ccc(NC)nc3)ncn2)c(OC)c1.S. The second-order valence-electron chi connectivity index (χ2n) is 6.79. The second kappa shape index (κ2) is 11.2.